The van der Waals surface area contributed by atoms with Gasteiger partial charge in [-0.1, -0.05) is 12.2 Å². The quantitative estimate of drug-likeness (QED) is 0.541. The summed E-state index contributed by atoms with van der Waals surface area (Å²) in [7, 11) is 0. The third-order valence-electron chi connectivity index (χ3n) is 3.51. The van der Waals surface area contributed by atoms with Crippen molar-refractivity contribution in [2.24, 2.45) is 0 Å². The molecule has 1 saturated heterocycles. The number of carbonyl (C=O) groups is 1. The van der Waals surface area contributed by atoms with E-state index < -0.39 is 17.9 Å². The van der Waals surface area contributed by atoms with E-state index >= 15 is 0 Å². The minimum Gasteiger partial charge on any atom is -0.490 e. The van der Waals surface area contributed by atoms with E-state index in [1.54, 1.807) is 0 Å². The summed E-state index contributed by atoms with van der Waals surface area (Å²) in [6, 6.07) is 0. The first-order valence-electron chi connectivity index (χ1n) is 7.24. The van der Waals surface area contributed by atoms with Crippen LogP contribution in [0.1, 0.15) is 26.7 Å². The summed E-state index contributed by atoms with van der Waals surface area (Å²) in [6.45, 7) is 4.91. The fourth-order valence-electron chi connectivity index (χ4n) is 2.54. The van der Waals surface area contributed by atoms with Crippen LogP contribution in [-0.4, -0.2) is 43.8 Å². The van der Waals surface area contributed by atoms with Gasteiger partial charge in [0.2, 0.25) is 5.76 Å². The molecule has 3 aliphatic heterocycles. The highest BCUT2D eigenvalue weighted by atomic mass is 16.8. The van der Waals surface area contributed by atoms with Crippen molar-refractivity contribution in [1.82, 2.24) is 0 Å². The molecule has 2 atom stereocenters. The number of ether oxygens (including phenoxy) is 5. The molecule has 0 amide bonds. The molecule has 0 unspecified atom stereocenters. The maximum Gasteiger partial charge on any atom is 0.378 e. The van der Waals surface area contributed by atoms with E-state index in [4.69, 9.17) is 23.7 Å². The predicted molar refractivity (Wildman–Crippen MR) is 72.1 cm³/mol. The SMILES string of the molecule is CC1(C)OC[C@@H]([C@H]2OC(=O)C3=C2OCC/C=C\CCO3)O1. The number of hydrogen-bond acceptors (Lipinski definition) is 6. The summed E-state index contributed by atoms with van der Waals surface area (Å²) in [6.07, 6.45) is 4.62. The zero-order chi connectivity index (χ0) is 14.9. The second-order valence-corrected chi connectivity index (χ2v) is 5.63. The number of hydrogen-bond donors (Lipinski definition) is 0. The lowest BCUT2D eigenvalue weighted by Crippen LogP contribution is -2.33. The molecule has 0 N–H and O–H groups in total. The van der Waals surface area contributed by atoms with Gasteiger partial charge in [-0.05, 0) is 26.7 Å². The van der Waals surface area contributed by atoms with Crippen LogP contribution in [0.4, 0.5) is 0 Å². The van der Waals surface area contributed by atoms with Crippen LogP contribution in [0.2, 0.25) is 0 Å². The Morgan fingerprint density at radius 1 is 1.14 bits per heavy atom. The summed E-state index contributed by atoms with van der Waals surface area (Å²) in [4.78, 5) is 12.0. The van der Waals surface area contributed by atoms with Gasteiger partial charge in [-0.25, -0.2) is 4.79 Å². The molecule has 0 spiro atoms. The lowest BCUT2D eigenvalue weighted by atomic mass is 10.2. The molecule has 0 aromatic carbocycles. The molecule has 0 saturated carbocycles. The highest BCUT2D eigenvalue weighted by Gasteiger charge is 2.48. The normalized spacial score (nSPS) is 33.7. The van der Waals surface area contributed by atoms with Crippen molar-refractivity contribution in [3.8, 4) is 0 Å². The number of esters is 1. The van der Waals surface area contributed by atoms with Crippen LogP contribution in [0, 0.1) is 0 Å². The van der Waals surface area contributed by atoms with Gasteiger partial charge < -0.3 is 23.7 Å². The van der Waals surface area contributed by atoms with Crippen molar-refractivity contribution in [2.75, 3.05) is 19.8 Å². The van der Waals surface area contributed by atoms with E-state index in [-0.39, 0.29) is 11.9 Å². The second kappa shape index (κ2) is 5.69. The molecule has 0 radical (unpaired) electrons. The smallest absolute Gasteiger partial charge is 0.378 e. The topological polar surface area (TPSA) is 63.2 Å². The first-order valence-corrected chi connectivity index (χ1v) is 7.24. The molecule has 3 aliphatic rings. The lowest BCUT2D eigenvalue weighted by Gasteiger charge is -2.21. The van der Waals surface area contributed by atoms with Crippen molar-refractivity contribution in [2.45, 2.75) is 44.7 Å². The maximum absolute atomic E-state index is 12.0. The molecule has 6 nitrogen and oxygen atoms in total. The molecular formula is C15H20O6. The molecule has 116 valence electrons. The van der Waals surface area contributed by atoms with Crippen LogP contribution in [0.25, 0.3) is 0 Å². The van der Waals surface area contributed by atoms with Gasteiger partial charge in [0.1, 0.15) is 6.10 Å². The molecule has 6 heteroatoms. The highest BCUT2D eigenvalue weighted by Crippen LogP contribution is 2.34. The minimum atomic E-state index is -0.681. The van der Waals surface area contributed by atoms with Crippen LogP contribution in [-0.2, 0) is 28.5 Å². The Hall–Kier alpha value is -1.53. The van der Waals surface area contributed by atoms with E-state index in [0.29, 0.717) is 25.6 Å². The Balaban J connectivity index is 1.79. The minimum absolute atomic E-state index is 0.170. The van der Waals surface area contributed by atoms with E-state index in [1.807, 2.05) is 26.0 Å². The molecule has 3 heterocycles. The van der Waals surface area contributed by atoms with Gasteiger partial charge in [0.25, 0.3) is 0 Å². The zero-order valence-corrected chi connectivity index (χ0v) is 12.3. The number of rotatable bonds is 1. The van der Waals surface area contributed by atoms with Gasteiger partial charge >= 0.3 is 5.97 Å². The number of cyclic esters (lactones) is 1. The molecule has 1 fully saturated rings. The van der Waals surface area contributed by atoms with Crippen molar-refractivity contribution in [3.05, 3.63) is 23.7 Å². The fourth-order valence-corrected chi connectivity index (χ4v) is 2.54. The van der Waals surface area contributed by atoms with Crippen molar-refractivity contribution >= 4 is 5.97 Å². The Kier molecular flexibility index (Phi) is 3.91. The van der Waals surface area contributed by atoms with Crippen molar-refractivity contribution in [3.63, 3.8) is 0 Å². The van der Waals surface area contributed by atoms with Crippen LogP contribution >= 0.6 is 0 Å². The second-order valence-electron chi connectivity index (χ2n) is 5.63. The first kappa shape index (κ1) is 14.4. The van der Waals surface area contributed by atoms with Crippen LogP contribution in [0.5, 0.6) is 0 Å². The van der Waals surface area contributed by atoms with Gasteiger partial charge in [-0.2, -0.15) is 0 Å². The Labute approximate surface area is 123 Å². The maximum atomic E-state index is 12.0. The third kappa shape index (κ3) is 3.06. The molecule has 0 aromatic rings. The van der Waals surface area contributed by atoms with Crippen LogP contribution in [0.15, 0.2) is 23.7 Å². The highest BCUT2D eigenvalue weighted by molar-refractivity contribution is 5.89. The molecule has 0 aliphatic carbocycles. The molecule has 0 bridgehead atoms. The zero-order valence-electron chi connectivity index (χ0n) is 12.3. The van der Waals surface area contributed by atoms with E-state index in [0.717, 1.165) is 12.8 Å². The Morgan fingerprint density at radius 3 is 2.52 bits per heavy atom. The molecule has 3 rings (SSSR count). The predicted octanol–water partition coefficient (Wildman–Crippen LogP) is 1.66. The average Bonchev–Trinajstić information content (AvgIpc) is 2.95. The summed E-state index contributed by atoms with van der Waals surface area (Å²) < 4.78 is 28.0. The molecular weight excluding hydrogens is 276 g/mol. The van der Waals surface area contributed by atoms with Crippen molar-refractivity contribution in [1.29, 1.82) is 0 Å². The Bertz CT molecular complexity index is 479. The standard InChI is InChI=1S/C15H20O6/c1-15(2)19-9-10(21-15)11-12-13(14(16)20-11)18-8-6-4-3-5-7-17-12/h3-4,10-11H,5-9H2,1-2H3/b4-3-/t10-,11+/m0/s1. The van der Waals surface area contributed by atoms with Gasteiger partial charge in [0.15, 0.2) is 17.7 Å². The van der Waals surface area contributed by atoms with Crippen molar-refractivity contribution < 1.29 is 28.5 Å². The summed E-state index contributed by atoms with van der Waals surface area (Å²) in [5, 5.41) is 0. The van der Waals surface area contributed by atoms with Crippen LogP contribution in [0.3, 0.4) is 0 Å². The van der Waals surface area contributed by atoms with E-state index in [2.05, 4.69) is 0 Å². The van der Waals surface area contributed by atoms with Crippen LogP contribution < -0.4 is 0 Å². The summed E-state index contributed by atoms with van der Waals surface area (Å²) in [5.41, 5.74) is 0. The van der Waals surface area contributed by atoms with Gasteiger partial charge in [-0.15, -0.1) is 0 Å². The van der Waals surface area contributed by atoms with E-state index in [1.165, 1.54) is 0 Å². The van der Waals surface area contributed by atoms with E-state index in [9.17, 15) is 4.79 Å². The average molecular weight is 296 g/mol. The van der Waals surface area contributed by atoms with Gasteiger partial charge in [-0.3, -0.25) is 0 Å². The van der Waals surface area contributed by atoms with Gasteiger partial charge in [0.05, 0.1) is 19.8 Å². The largest absolute Gasteiger partial charge is 0.490 e. The monoisotopic (exact) mass is 296 g/mol. The molecule has 0 aromatic heterocycles. The third-order valence-corrected chi connectivity index (χ3v) is 3.51. The number of carbonyl (C=O) groups excluding carboxylic acids is 1. The fraction of sp³-hybridized carbons (Fsp3) is 0.667. The summed E-state index contributed by atoms with van der Waals surface area (Å²) >= 11 is 0. The Morgan fingerprint density at radius 2 is 1.86 bits per heavy atom. The summed E-state index contributed by atoms with van der Waals surface area (Å²) in [5.74, 6) is -0.571. The lowest BCUT2D eigenvalue weighted by molar-refractivity contribution is -0.163. The molecule has 21 heavy (non-hydrogen) atoms. The van der Waals surface area contributed by atoms with Gasteiger partial charge in [0, 0.05) is 0 Å². The first-order chi connectivity index (χ1) is 10.1.